The summed E-state index contributed by atoms with van der Waals surface area (Å²) >= 11 is 0. The van der Waals surface area contributed by atoms with Crippen molar-refractivity contribution in [2.24, 2.45) is 0 Å². The predicted molar refractivity (Wildman–Crippen MR) is 104 cm³/mol. The second kappa shape index (κ2) is 7.88. The smallest absolute Gasteiger partial charge is 0.339 e. The first-order valence-corrected chi connectivity index (χ1v) is 9.20. The van der Waals surface area contributed by atoms with Crippen LogP contribution < -0.4 is 10.4 Å². The molecule has 1 amide bonds. The molecule has 0 aliphatic heterocycles. The Hall–Kier alpha value is -3.09. The molecule has 0 saturated heterocycles. The van der Waals surface area contributed by atoms with Crippen LogP contribution in [0.5, 0.6) is 5.75 Å². The van der Waals surface area contributed by atoms with E-state index >= 15 is 0 Å². The molecule has 0 spiro atoms. The number of aromatic nitrogens is 1. The molecule has 148 valence electrons. The van der Waals surface area contributed by atoms with Crippen LogP contribution in [0.15, 0.2) is 38.0 Å². The second-order valence-electron chi connectivity index (χ2n) is 6.89. The molecule has 0 fully saturated rings. The summed E-state index contributed by atoms with van der Waals surface area (Å²) in [6.45, 7) is 7.59. The van der Waals surface area contributed by atoms with Gasteiger partial charge in [-0.3, -0.25) is 4.79 Å². The molecule has 3 aromatic rings. The van der Waals surface area contributed by atoms with Gasteiger partial charge in [0.2, 0.25) is 0 Å². The highest BCUT2D eigenvalue weighted by atomic mass is 16.5. The molecule has 0 bridgehead atoms. The third-order valence-electron chi connectivity index (χ3n) is 4.83. The van der Waals surface area contributed by atoms with Crippen LogP contribution in [0, 0.1) is 13.8 Å². The molecule has 1 aromatic carbocycles. The topological polar surface area (TPSA) is 85.8 Å². The minimum atomic E-state index is -0.714. The maximum absolute atomic E-state index is 12.6. The molecule has 28 heavy (non-hydrogen) atoms. The molecule has 3 rings (SSSR count). The van der Waals surface area contributed by atoms with Crippen molar-refractivity contribution < 1.29 is 18.5 Å². The van der Waals surface area contributed by atoms with E-state index in [1.54, 1.807) is 33.0 Å². The van der Waals surface area contributed by atoms with Crippen molar-refractivity contribution in [1.82, 2.24) is 10.1 Å². The summed E-state index contributed by atoms with van der Waals surface area (Å²) in [5.74, 6) is 0.885. The van der Waals surface area contributed by atoms with Crippen LogP contribution in [-0.2, 0) is 17.8 Å². The van der Waals surface area contributed by atoms with Gasteiger partial charge in [-0.15, -0.1) is 0 Å². The van der Waals surface area contributed by atoms with Crippen molar-refractivity contribution in [3.05, 3.63) is 57.3 Å². The van der Waals surface area contributed by atoms with Crippen LogP contribution in [0.2, 0.25) is 0 Å². The molecule has 0 saturated carbocycles. The molecular formula is C21H24N2O5. The summed E-state index contributed by atoms with van der Waals surface area (Å²) in [6, 6.07) is 7.07. The van der Waals surface area contributed by atoms with Gasteiger partial charge in [0.25, 0.3) is 5.91 Å². The first-order chi connectivity index (χ1) is 13.3. The summed E-state index contributed by atoms with van der Waals surface area (Å²) in [7, 11) is 1.68. The van der Waals surface area contributed by atoms with Gasteiger partial charge in [-0.1, -0.05) is 12.1 Å². The molecule has 2 heterocycles. The lowest BCUT2D eigenvalue weighted by atomic mass is 10.1. The highest BCUT2D eigenvalue weighted by Gasteiger charge is 2.21. The molecule has 2 aromatic heterocycles. The Balaban J connectivity index is 1.72. The van der Waals surface area contributed by atoms with Crippen molar-refractivity contribution >= 4 is 16.9 Å². The van der Waals surface area contributed by atoms with Crippen molar-refractivity contribution in [1.29, 1.82) is 0 Å². The predicted octanol–water partition coefficient (Wildman–Crippen LogP) is 3.39. The Morgan fingerprint density at radius 2 is 2.00 bits per heavy atom. The maximum atomic E-state index is 12.6. The minimum absolute atomic E-state index is 0.198. The summed E-state index contributed by atoms with van der Waals surface area (Å²) in [6.07, 6.45) is 0.0619. The molecule has 0 radical (unpaired) electrons. The minimum Gasteiger partial charge on any atom is -0.481 e. The molecule has 0 aliphatic carbocycles. The molecule has 1 unspecified atom stereocenters. The lowest BCUT2D eigenvalue weighted by Gasteiger charge is -2.21. The van der Waals surface area contributed by atoms with Gasteiger partial charge in [0.05, 0.1) is 12.2 Å². The maximum Gasteiger partial charge on any atom is 0.339 e. The normalized spacial score (nSPS) is 12.2. The average Bonchev–Trinajstić information content (AvgIpc) is 3.13. The van der Waals surface area contributed by atoms with E-state index in [1.165, 1.54) is 4.90 Å². The number of benzene rings is 1. The van der Waals surface area contributed by atoms with Crippen LogP contribution in [0.25, 0.3) is 11.0 Å². The first kappa shape index (κ1) is 19.7. The summed E-state index contributed by atoms with van der Waals surface area (Å²) < 4.78 is 16.4. The molecule has 0 N–H and O–H groups in total. The number of ether oxygens (including phenoxy) is 1. The first-order valence-electron chi connectivity index (χ1n) is 9.20. The van der Waals surface area contributed by atoms with Crippen molar-refractivity contribution in [2.75, 3.05) is 7.05 Å². The standard InChI is InChI=1S/C21H24N2O5/c1-6-15-9-17(28-22-15)11-23(5)20(24)14(4)26-16-7-8-18-12(2)13(3)21(25)27-19(18)10-16/h7-10,14H,6,11H2,1-5H3. The Kier molecular flexibility index (Phi) is 5.53. The second-order valence-corrected chi connectivity index (χ2v) is 6.89. The average molecular weight is 384 g/mol. The zero-order valence-electron chi connectivity index (χ0n) is 16.7. The van der Waals surface area contributed by atoms with Gasteiger partial charge < -0.3 is 18.6 Å². The van der Waals surface area contributed by atoms with E-state index in [4.69, 9.17) is 13.7 Å². The number of hydrogen-bond acceptors (Lipinski definition) is 6. The van der Waals surface area contributed by atoms with Gasteiger partial charge in [0, 0.05) is 30.1 Å². The molecule has 7 heteroatoms. The van der Waals surface area contributed by atoms with Crippen LogP contribution in [0.1, 0.15) is 36.4 Å². The van der Waals surface area contributed by atoms with Gasteiger partial charge in [-0.25, -0.2) is 4.79 Å². The van der Waals surface area contributed by atoms with E-state index in [-0.39, 0.29) is 11.5 Å². The van der Waals surface area contributed by atoms with E-state index < -0.39 is 6.10 Å². The lowest BCUT2D eigenvalue weighted by molar-refractivity contribution is -0.137. The van der Waals surface area contributed by atoms with E-state index in [1.807, 2.05) is 26.0 Å². The summed E-state index contributed by atoms with van der Waals surface area (Å²) in [5, 5.41) is 4.77. The number of amides is 1. The zero-order chi connectivity index (χ0) is 20.4. The van der Waals surface area contributed by atoms with Crippen molar-refractivity contribution in [3.63, 3.8) is 0 Å². The van der Waals surface area contributed by atoms with Crippen LogP contribution in [-0.4, -0.2) is 29.1 Å². The largest absolute Gasteiger partial charge is 0.481 e. The fourth-order valence-corrected chi connectivity index (χ4v) is 2.98. The van der Waals surface area contributed by atoms with Gasteiger partial charge in [-0.05, 0) is 44.9 Å². The van der Waals surface area contributed by atoms with Crippen molar-refractivity contribution in [2.45, 2.75) is 46.8 Å². The Morgan fingerprint density at radius 3 is 2.68 bits per heavy atom. The molecule has 7 nitrogen and oxygen atoms in total. The summed E-state index contributed by atoms with van der Waals surface area (Å²) in [5.41, 5.74) is 2.38. The number of aryl methyl sites for hydroxylation is 2. The van der Waals surface area contributed by atoms with Gasteiger partial charge in [-0.2, -0.15) is 0 Å². The monoisotopic (exact) mass is 384 g/mol. The molecule has 1 atom stereocenters. The van der Waals surface area contributed by atoms with Crippen LogP contribution in [0.3, 0.4) is 0 Å². The Bertz CT molecular complexity index is 1070. The van der Waals surface area contributed by atoms with Gasteiger partial charge >= 0.3 is 5.63 Å². The van der Waals surface area contributed by atoms with Gasteiger partial charge in [0.1, 0.15) is 11.3 Å². The fourth-order valence-electron chi connectivity index (χ4n) is 2.98. The quantitative estimate of drug-likeness (QED) is 0.606. The van der Waals surface area contributed by atoms with E-state index in [0.717, 1.165) is 23.1 Å². The van der Waals surface area contributed by atoms with Crippen LogP contribution >= 0.6 is 0 Å². The van der Waals surface area contributed by atoms with E-state index in [0.29, 0.717) is 29.2 Å². The number of fused-ring (bicyclic) bond motifs is 1. The number of carbonyl (C=O) groups is 1. The van der Waals surface area contributed by atoms with Crippen LogP contribution in [0.4, 0.5) is 0 Å². The SMILES string of the molecule is CCc1cc(CN(C)C(=O)C(C)Oc2ccc3c(C)c(C)c(=O)oc3c2)on1. The highest BCUT2D eigenvalue weighted by Crippen LogP contribution is 2.24. The number of nitrogens with zero attached hydrogens (tertiary/aromatic N) is 2. The Labute approximate surface area is 162 Å². The van der Waals surface area contributed by atoms with Crippen molar-refractivity contribution in [3.8, 4) is 5.75 Å². The number of carbonyl (C=O) groups excluding carboxylic acids is 1. The highest BCUT2D eigenvalue weighted by molar-refractivity contribution is 5.83. The number of rotatable bonds is 6. The molecular weight excluding hydrogens is 360 g/mol. The summed E-state index contributed by atoms with van der Waals surface area (Å²) in [4.78, 5) is 26.0. The molecule has 0 aliphatic rings. The Morgan fingerprint density at radius 1 is 1.25 bits per heavy atom. The number of hydrogen-bond donors (Lipinski definition) is 0. The number of likely N-dealkylation sites (N-methyl/N-ethyl adjacent to an activating group) is 1. The van der Waals surface area contributed by atoms with E-state index in [9.17, 15) is 9.59 Å². The fraction of sp³-hybridized carbons (Fsp3) is 0.381. The van der Waals surface area contributed by atoms with Gasteiger partial charge in [0.15, 0.2) is 11.9 Å². The third kappa shape index (κ3) is 3.93. The van der Waals surface area contributed by atoms with E-state index in [2.05, 4.69) is 5.16 Å². The third-order valence-corrected chi connectivity index (χ3v) is 4.83. The zero-order valence-corrected chi connectivity index (χ0v) is 16.7. The lowest BCUT2D eigenvalue weighted by Crippen LogP contribution is -2.37.